The zero-order valence-corrected chi connectivity index (χ0v) is 9.78. The van der Waals surface area contributed by atoms with Crippen LogP contribution in [-0.4, -0.2) is 14.2 Å². The third kappa shape index (κ3) is 2.49. The molecule has 0 fully saturated rings. The molecule has 1 rings (SSSR count). The molecule has 94 valence electrons. The Morgan fingerprint density at radius 2 is 1.28 bits per heavy atom. The maximum atomic E-state index is 13.4. The van der Waals surface area contributed by atoms with Gasteiger partial charge in [-0.15, -0.1) is 0 Å². The van der Waals surface area contributed by atoms with Gasteiger partial charge in [-0.05, 0) is 12.1 Å². The van der Waals surface area contributed by atoms with Crippen LogP contribution >= 0.6 is 0 Å². The van der Waals surface area contributed by atoms with Crippen molar-refractivity contribution in [2.24, 2.45) is 0 Å². The van der Waals surface area contributed by atoms with Gasteiger partial charge in [-0.25, -0.2) is 8.78 Å². The number of methoxy groups -OCH3 is 2. The third-order valence-corrected chi connectivity index (χ3v) is 2.35. The first kappa shape index (κ1) is 13.7. The maximum Gasteiger partial charge on any atom is 0.214 e. The quantitative estimate of drug-likeness (QED) is 0.826. The molecule has 0 heterocycles. The molecule has 0 saturated carbocycles. The van der Waals surface area contributed by atoms with Crippen LogP contribution in [0.4, 0.5) is 8.78 Å². The minimum absolute atomic E-state index is 0.00208. The second kappa shape index (κ2) is 5.83. The van der Waals surface area contributed by atoms with E-state index < -0.39 is 12.3 Å². The van der Waals surface area contributed by atoms with Gasteiger partial charge in [0.25, 0.3) is 0 Å². The van der Waals surface area contributed by atoms with Crippen molar-refractivity contribution in [1.82, 2.24) is 0 Å². The number of benzene rings is 1. The van der Waals surface area contributed by atoms with Crippen LogP contribution in [0.2, 0.25) is 0 Å². The molecular formula is C12H10F2N2O2. The summed E-state index contributed by atoms with van der Waals surface area (Å²) in [5.41, 5.74) is -0.128. The Bertz CT molecular complexity index is 472. The van der Waals surface area contributed by atoms with Gasteiger partial charge in [-0.3, -0.25) is 0 Å². The van der Waals surface area contributed by atoms with Gasteiger partial charge >= 0.3 is 0 Å². The Hall–Kier alpha value is -2.34. The minimum atomic E-state index is -1.91. The van der Waals surface area contributed by atoms with Gasteiger partial charge in [0.15, 0.2) is 0 Å². The number of alkyl halides is 2. The number of nitrogens with zero attached hydrogens (tertiary/aromatic N) is 2. The van der Waals surface area contributed by atoms with E-state index >= 15 is 0 Å². The highest BCUT2D eigenvalue weighted by atomic mass is 19.1. The molecular weight excluding hydrogens is 242 g/mol. The Kier molecular flexibility index (Phi) is 4.45. The summed E-state index contributed by atoms with van der Waals surface area (Å²) in [5.74, 6) is -0.00417. The van der Waals surface area contributed by atoms with Crippen molar-refractivity contribution >= 4 is 0 Å². The van der Waals surface area contributed by atoms with Crippen molar-refractivity contribution in [3.8, 4) is 23.6 Å². The average Bonchev–Trinajstić information content (AvgIpc) is 2.43. The summed E-state index contributed by atoms with van der Waals surface area (Å²) in [6.07, 6.45) is -3.83. The van der Waals surface area contributed by atoms with Crippen molar-refractivity contribution in [3.63, 3.8) is 0 Å². The van der Waals surface area contributed by atoms with E-state index in [1.165, 1.54) is 26.4 Å². The summed E-state index contributed by atoms with van der Waals surface area (Å²) < 4.78 is 36.5. The lowest BCUT2D eigenvalue weighted by atomic mass is 10.0. The molecule has 6 heteroatoms. The van der Waals surface area contributed by atoms with Crippen molar-refractivity contribution in [3.05, 3.63) is 23.3 Å². The Morgan fingerprint density at radius 3 is 1.50 bits per heavy atom. The first-order valence-corrected chi connectivity index (χ1v) is 4.92. The molecule has 0 saturated heterocycles. The second-order valence-electron chi connectivity index (χ2n) is 3.32. The van der Waals surface area contributed by atoms with Gasteiger partial charge in [-0.1, -0.05) is 0 Å². The molecule has 0 N–H and O–H groups in total. The highest BCUT2D eigenvalue weighted by Gasteiger charge is 2.22. The summed E-state index contributed by atoms with van der Waals surface area (Å²) in [6.45, 7) is 0. The van der Waals surface area contributed by atoms with Crippen LogP contribution in [-0.2, 0) is 0 Å². The second-order valence-corrected chi connectivity index (χ2v) is 3.32. The standard InChI is InChI=1S/C12H10F2N2O2/c1-17-11-3-8(10(14)6-16)12(18-2)4-7(11)9(13)5-15/h3-4,9-10H,1-2H3. The van der Waals surface area contributed by atoms with E-state index in [1.54, 1.807) is 0 Å². The average molecular weight is 252 g/mol. The molecule has 0 spiro atoms. The van der Waals surface area contributed by atoms with Crippen LogP contribution in [0.25, 0.3) is 0 Å². The minimum Gasteiger partial charge on any atom is -0.496 e. The first-order chi connectivity index (χ1) is 8.58. The monoisotopic (exact) mass is 252 g/mol. The predicted octanol–water partition coefficient (Wildman–Crippen LogP) is 2.77. The summed E-state index contributed by atoms with van der Waals surface area (Å²) in [5, 5.41) is 17.1. The molecule has 0 bridgehead atoms. The number of ether oxygens (including phenoxy) is 2. The van der Waals surface area contributed by atoms with E-state index in [9.17, 15) is 8.78 Å². The predicted molar refractivity (Wildman–Crippen MR) is 58.5 cm³/mol. The topological polar surface area (TPSA) is 66.0 Å². The number of hydrogen-bond acceptors (Lipinski definition) is 4. The molecule has 1 aromatic rings. The molecule has 1 aromatic carbocycles. The van der Waals surface area contributed by atoms with Crippen LogP contribution in [0, 0.1) is 22.7 Å². The van der Waals surface area contributed by atoms with Crippen LogP contribution in [0.3, 0.4) is 0 Å². The molecule has 0 aliphatic heterocycles. The highest BCUT2D eigenvalue weighted by Crippen LogP contribution is 2.37. The number of nitriles is 2. The lowest BCUT2D eigenvalue weighted by molar-refractivity contribution is 0.354. The zero-order valence-electron chi connectivity index (χ0n) is 9.78. The van der Waals surface area contributed by atoms with E-state index in [2.05, 4.69) is 0 Å². The molecule has 2 unspecified atom stereocenters. The normalized spacial score (nSPS) is 13.0. The zero-order chi connectivity index (χ0) is 13.7. The summed E-state index contributed by atoms with van der Waals surface area (Å²) in [7, 11) is 2.53. The fraction of sp³-hybridized carbons (Fsp3) is 0.333. The van der Waals surface area contributed by atoms with Crippen molar-refractivity contribution in [2.75, 3.05) is 14.2 Å². The van der Waals surface area contributed by atoms with Gasteiger partial charge < -0.3 is 9.47 Å². The lowest BCUT2D eigenvalue weighted by Gasteiger charge is -2.14. The van der Waals surface area contributed by atoms with Gasteiger partial charge in [0, 0.05) is 11.1 Å². The maximum absolute atomic E-state index is 13.4. The molecule has 0 aliphatic carbocycles. The molecule has 18 heavy (non-hydrogen) atoms. The molecule has 0 aliphatic rings. The van der Waals surface area contributed by atoms with Crippen molar-refractivity contribution in [1.29, 1.82) is 10.5 Å². The van der Waals surface area contributed by atoms with E-state index in [1.807, 2.05) is 0 Å². The van der Waals surface area contributed by atoms with E-state index in [0.717, 1.165) is 12.1 Å². The lowest BCUT2D eigenvalue weighted by Crippen LogP contribution is -2.01. The Morgan fingerprint density at radius 1 is 0.944 bits per heavy atom. The van der Waals surface area contributed by atoms with Gasteiger partial charge in [-0.2, -0.15) is 10.5 Å². The Labute approximate surface area is 103 Å². The van der Waals surface area contributed by atoms with Gasteiger partial charge in [0.05, 0.1) is 14.2 Å². The SMILES string of the molecule is COc1cc(C(F)C#N)c(OC)cc1C(F)C#N. The summed E-state index contributed by atoms with van der Waals surface area (Å²) >= 11 is 0. The van der Waals surface area contributed by atoms with E-state index in [0.29, 0.717) is 0 Å². The van der Waals surface area contributed by atoms with E-state index in [4.69, 9.17) is 20.0 Å². The molecule has 2 atom stereocenters. The van der Waals surface area contributed by atoms with Crippen molar-refractivity contribution < 1.29 is 18.3 Å². The first-order valence-electron chi connectivity index (χ1n) is 4.92. The van der Waals surface area contributed by atoms with Gasteiger partial charge in [0.2, 0.25) is 12.3 Å². The van der Waals surface area contributed by atoms with Crippen LogP contribution in [0.15, 0.2) is 12.1 Å². The number of rotatable bonds is 4. The third-order valence-electron chi connectivity index (χ3n) is 2.35. The molecule has 0 amide bonds. The highest BCUT2D eigenvalue weighted by molar-refractivity contribution is 5.50. The fourth-order valence-corrected chi connectivity index (χ4v) is 1.48. The summed E-state index contributed by atoms with van der Waals surface area (Å²) in [6, 6.07) is 5.14. The fourth-order valence-electron chi connectivity index (χ4n) is 1.48. The van der Waals surface area contributed by atoms with Gasteiger partial charge in [0.1, 0.15) is 23.6 Å². The molecule has 0 radical (unpaired) electrons. The molecule has 0 aromatic heterocycles. The van der Waals surface area contributed by atoms with Crippen LogP contribution < -0.4 is 9.47 Å². The van der Waals surface area contributed by atoms with E-state index in [-0.39, 0.29) is 22.6 Å². The Balaban J connectivity index is 3.43. The number of hydrogen-bond donors (Lipinski definition) is 0. The van der Waals surface area contributed by atoms with Crippen LogP contribution in [0.5, 0.6) is 11.5 Å². The van der Waals surface area contributed by atoms with Crippen molar-refractivity contribution in [2.45, 2.75) is 12.3 Å². The smallest absolute Gasteiger partial charge is 0.214 e. The largest absolute Gasteiger partial charge is 0.496 e. The number of halogens is 2. The van der Waals surface area contributed by atoms with Crippen LogP contribution in [0.1, 0.15) is 23.5 Å². The summed E-state index contributed by atoms with van der Waals surface area (Å²) in [4.78, 5) is 0. The molecule has 4 nitrogen and oxygen atoms in total.